The number of hydrogen-bond donors (Lipinski definition) is 1. The Hall–Kier alpha value is -1.12. The molecule has 3 nitrogen and oxygen atoms in total. The van der Waals surface area contributed by atoms with Gasteiger partial charge in [0.2, 0.25) is 0 Å². The fraction of sp³-hybridized carbons (Fsp3) is 0.333. The lowest BCUT2D eigenvalue weighted by molar-refractivity contribution is 1.10. The molecule has 48 valence electrons. The fourth-order valence-electron chi connectivity index (χ4n) is 0.591. The third kappa shape index (κ3) is 1.38. The molecule has 1 rings (SSSR count). The Labute approximate surface area is 54.2 Å². The number of aromatic nitrogens is 2. The molecule has 0 atom stereocenters. The summed E-state index contributed by atoms with van der Waals surface area (Å²) in [6, 6.07) is 1.89. The Morgan fingerprint density at radius 2 is 2.22 bits per heavy atom. The van der Waals surface area contributed by atoms with Crippen molar-refractivity contribution in [2.24, 2.45) is 0 Å². The van der Waals surface area contributed by atoms with Gasteiger partial charge in [0.05, 0.1) is 0 Å². The quantitative estimate of drug-likeness (QED) is 0.601. The van der Waals surface area contributed by atoms with Gasteiger partial charge in [0.25, 0.3) is 0 Å². The number of rotatable bonds is 1. The molecular weight excluding hydrogens is 114 g/mol. The predicted molar refractivity (Wildman–Crippen MR) is 36.3 cm³/mol. The molecule has 3 heteroatoms. The smallest absolute Gasteiger partial charge is 0.129 e. The molecule has 0 radical (unpaired) electrons. The van der Waals surface area contributed by atoms with E-state index in [1.165, 1.54) is 0 Å². The van der Waals surface area contributed by atoms with Crippen molar-refractivity contribution in [1.29, 1.82) is 0 Å². The van der Waals surface area contributed by atoms with Crippen LogP contribution in [0.15, 0.2) is 12.4 Å². The van der Waals surface area contributed by atoms with Crippen molar-refractivity contribution in [1.82, 2.24) is 9.97 Å². The second kappa shape index (κ2) is 2.44. The van der Waals surface area contributed by atoms with Crippen molar-refractivity contribution in [3.63, 3.8) is 0 Å². The van der Waals surface area contributed by atoms with Crippen LogP contribution in [0.2, 0.25) is 0 Å². The van der Waals surface area contributed by atoms with Crippen LogP contribution in [0, 0.1) is 6.92 Å². The normalized spacial score (nSPS) is 9.11. The second-order valence-corrected chi connectivity index (χ2v) is 1.79. The minimum Gasteiger partial charge on any atom is -0.373 e. The minimum absolute atomic E-state index is 0.863. The Balaban J connectivity index is 2.94. The Morgan fingerprint density at radius 1 is 1.44 bits per heavy atom. The molecule has 0 saturated heterocycles. The van der Waals surface area contributed by atoms with Crippen LogP contribution in [0.4, 0.5) is 5.82 Å². The SMILES string of the molecule is CNc1cc(C)ncn1. The molecule has 0 bridgehead atoms. The van der Waals surface area contributed by atoms with Gasteiger partial charge in [-0.1, -0.05) is 0 Å². The summed E-state index contributed by atoms with van der Waals surface area (Å²) in [4.78, 5) is 7.87. The number of hydrogen-bond acceptors (Lipinski definition) is 3. The van der Waals surface area contributed by atoms with E-state index < -0.39 is 0 Å². The number of nitrogens with one attached hydrogen (secondary N) is 1. The first-order valence-electron chi connectivity index (χ1n) is 2.79. The van der Waals surface area contributed by atoms with Gasteiger partial charge in [-0.2, -0.15) is 0 Å². The van der Waals surface area contributed by atoms with Crippen LogP contribution >= 0.6 is 0 Å². The van der Waals surface area contributed by atoms with Crippen LogP contribution in [-0.2, 0) is 0 Å². The standard InChI is InChI=1S/C6H9N3/c1-5-3-6(7-2)9-4-8-5/h3-4H,1-2H3,(H,7,8,9). The van der Waals surface area contributed by atoms with E-state index in [0.29, 0.717) is 0 Å². The molecule has 0 aliphatic carbocycles. The highest BCUT2D eigenvalue weighted by atomic mass is 15.0. The molecule has 1 N–H and O–H groups in total. The Kier molecular flexibility index (Phi) is 1.63. The van der Waals surface area contributed by atoms with Crippen LogP contribution in [-0.4, -0.2) is 17.0 Å². The van der Waals surface area contributed by atoms with Crippen LogP contribution in [0.5, 0.6) is 0 Å². The first kappa shape index (κ1) is 6.01. The molecule has 0 aliphatic rings. The van der Waals surface area contributed by atoms with Gasteiger partial charge < -0.3 is 5.32 Å². The van der Waals surface area contributed by atoms with Crippen LogP contribution < -0.4 is 5.32 Å². The summed E-state index contributed by atoms with van der Waals surface area (Å²) in [6.45, 7) is 1.93. The van der Waals surface area contributed by atoms with E-state index in [2.05, 4.69) is 15.3 Å². The molecule has 0 fully saturated rings. The van der Waals surface area contributed by atoms with Crippen molar-refractivity contribution in [2.45, 2.75) is 6.92 Å². The minimum atomic E-state index is 0.863. The fourth-order valence-corrected chi connectivity index (χ4v) is 0.591. The lowest BCUT2D eigenvalue weighted by Gasteiger charge is -1.96. The summed E-state index contributed by atoms with van der Waals surface area (Å²) >= 11 is 0. The van der Waals surface area contributed by atoms with Crippen molar-refractivity contribution in [2.75, 3.05) is 12.4 Å². The number of anilines is 1. The summed E-state index contributed by atoms with van der Waals surface area (Å²) < 4.78 is 0. The summed E-state index contributed by atoms with van der Waals surface area (Å²) in [7, 11) is 1.84. The van der Waals surface area contributed by atoms with Gasteiger partial charge in [0.15, 0.2) is 0 Å². The van der Waals surface area contributed by atoms with E-state index in [1.807, 2.05) is 20.0 Å². The molecular formula is C6H9N3. The van der Waals surface area contributed by atoms with Crippen molar-refractivity contribution in [3.05, 3.63) is 18.1 Å². The third-order valence-electron chi connectivity index (χ3n) is 1.06. The van der Waals surface area contributed by atoms with Gasteiger partial charge in [0.1, 0.15) is 12.1 Å². The molecule has 0 amide bonds. The number of aryl methyl sites for hydroxylation is 1. The maximum absolute atomic E-state index is 3.94. The maximum atomic E-state index is 3.94. The average molecular weight is 123 g/mol. The van der Waals surface area contributed by atoms with E-state index >= 15 is 0 Å². The highest BCUT2D eigenvalue weighted by molar-refractivity contribution is 5.32. The third-order valence-corrected chi connectivity index (χ3v) is 1.06. The highest BCUT2D eigenvalue weighted by Gasteiger charge is 1.87. The van der Waals surface area contributed by atoms with Gasteiger partial charge in [-0.3, -0.25) is 0 Å². The molecule has 0 aliphatic heterocycles. The molecule has 0 spiro atoms. The van der Waals surface area contributed by atoms with Crippen LogP contribution in [0.25, 0.3) is 0 Å². The van der Waals surface area contributed by atoms with Gasteiger partial charge >= 0.3 is 0 Å². The lowest BCUT2D eigenvalue weighted by Crippen LogP contribution is -1.92. The second-order valence-electron chi connectivity index (χ2n) is 1.79. The summed E-state index contributed by atoms with van der Waals surface area (Å²) in [6.07, 6.45) is 1.54. The van der Waals surface area contributed by atoms with Gasteiger partial charge in [-0.15, -0.1) is 0 Å². The molecule has 1 heterocycles. The first-order chi connectivity index (χ1) is 4.33. The maximum Gasteiger partial charge on any atom is 0.129 e. The first-order valence-corrected chi connectivity index (χ1v) is 2.79. The molecule has 0 unspecified atom stereocenters. The molecule has 1 aromatic rings. The van der Waals surface area contributed by atoms with E-state index in [0.717, 1.165) is 11.5 Å². The van der Waals surface area contributed by atoms with Gasteiger partial charge in [-0.05, 0) is 6.92 Å². The monoisotopic (exact) mass is 123 g/mol. The Bertz CT molecular complexity index is 197. The van der Waals surface area contributed by atoms with E-state index in [9.17, 15) is 0 Å². The summed E-state index contributed by atoms with van der Waals surface area (Å²) in [5.41, 5.74) is 0.981. The average Bonchev–Trinajstić information content (AvgIpc) is 1.88. The molecule has 1 aromatic heterocycles. The number of nitrogens with zero attached hydrogens (tertiary/aromatic N) is 2. The van der Waals surface area contributed by atoms with E-state index in [4.69, 9.17) is 0 Å². The Morgan fingerprint density at radius 3 is 2.67 bits per heavy atom. The summed E-state index contributed by atoms with van der Waals surface area (Å²) in [5.74, 6) is 0.863. The van der Waals surface area contributed by atoms with Crippen molar-refractivity contribution in [3.8, 4) is 0 Å². The molecule has 9 heavy (non-hydrogen) atoms. The van der Waals surface area contributed by atoms with Gasteiger partial charge in [0, 0.05) is 18.8 Å². The molecule has 0 aromatic carbocycles. The van der Waals surface area contributed by atoms with E-state index in [-0.39, 0.29) is 0 Å². The van der Waals surface area contributed by atoms with Crippen LogP contribution in [0.1, 0.15) is 5.69 Å². The van der Waals surface area contributed by atoms with Crippen LogP contribution in [0.3, 0.4) is 0 Å². The topological polar surface area (TPSA) is 37.8 Å². The van der Waals surface area contributed by atoms with E-state index in [1.54, 1.807) is 6.33 Å². The zero-order valence-electron chi connectivity index (χ0n) is 5.55. The van der Waals surface area contributed by atoms with Crippen molar-refractivity contribution >= 4 is 5.82 Å². The molecule has 0 saturated carbocycles. The largest absolute Gasteiger partial charge is 0.373 e. The zero-order chi connectivity index (χ0) is 6.69. The highest BCUT2D eigenvalue weighted by Crippen LogP contribution is 1.99. The predicted octanol–water partition coefficient (Wildman–Crippen LogP) is 0.827. The van der Waals surface area contributed by atoms with Gasteiger partial charge in [-0.25, -0.2) is 9.97 Å². The van der Waals surface area contributed by atoms with Crippen molar-refractivity contribution < 1.29 is 0 Å². The lowest BCUT2D eigenvalue weighted by atomic mass is 10.4. The summed E-state index contributed by atoms with van der Waals surface area (Å²) in [5, 5.41) is 2.92. The zero-order valence-corrected chi connectivity index (χ0v) is 5.55.